The summed E-state index contributed by atoms with van der Waals surface area (Å²) in [5.74, 6) is -1.77. The van der Waals surface area contributed by atoms with Gasteiger partial charge in [-0.3, -0.25) is 9.59 Å². The summed E-state index contributed by atoms with van der Waals surface area (Å²) in [6.45, 7) is 7.52. The lowest BCUT2D eigenvalue weighted by Crippen LogP contribution is -2.41. The van der Waals surface area contributed by atoms with Gasteiger partial charge in [-0.15, -0.1) is 0 Å². The zero-order valence-corrected chi connectivity index (χ0v) is 17.5. The van der Waals surface area contributed by atoms with Gasteiger partial charge in [0.2, 0.25) is 0 Å². The summed E-state index contributed by atoms with van der Waals surface area (Å²) < 4.78 is 32.7. The molecule has 0 spiro atoms. The van der Waals surface area contributed by atoms with E-state index in [0.717, 1.165) is 31.7 Å². The quantitative estimate of drug-likeness (QED) is 0.665. The summed E-state index contributed by atoms with van der Waals surface area (Å²) in [6, 6.07) is 2.96. The van der Waals surface area contributed by atoms with Crippen LogP contribution in [0, 0.1) is 28.9 Å². The van der Waals surface area contributed by atoms with Crippen LogP contribution in [0.25, 0.3) is 0 Å². The number of rotatable bonds is 3. The molecule has 6 heteroatoms. The van der Waals surface area contributed by atoms with Crippen molar-refractivity contribution >= 4 is 11.9 Å². The number of ether oxygens (including phenoxy) is 1. The van der Waals surface area contributed by atoms with Gasteiger partial charge in [0.25, 0.3) is 5.91 Å². The second-order valence-electron chi connectivity index (χ2n) is 9.47. The largest absolute Gasteiger partial charge is 0.462 e. The molecule has 29 heavy (non-hydrogen) atoms. The number of carbonyl (C=O) groups is 2. The monoisotopic (exact) mass is 407 g/mol. The maximum atomic E-state index is 13.9. The van der Waals surface area contributed by atoms with Crippen LogP contribution < -0.4 is 0 Å². The number of halogens is 2. The van der Waals surface area contributed by atoms with Gasteiger partial charge in [0.15, 0.2) is 0 Å². The summed E-state index contributed by atoms with van der Waals surface area (Å²) in [7, 11) is 0. The van der Waals surface area contributed by atoms with Crippen LogP contribution in [0.5, 0.6) is 0 Å². The molecule has 1 amide bonds. The van der Waals surface area contributed by atoms with Crippen molar-refractivity contribution in [3.63, 3.8) is 0 Å². The number of nitrogens with zero attached hydrogens (tertiary/aromatic N) is 1. The van der Waals surface area contributed by atoms with Crippen molar-refractivity contribution in [1.29, 1.82) is 0 Å². The number of amides is 1. The van der Waals surface area contributed by atoms with E-state index in [1.807, 2.05) is 0 Å². The molecule has 4 nitrogen and oxygen atoms in total. The van der Waals surface area contributed by atoms with Crippen LogP contribution in [0.15, 0.2) is 18.2 Å². The Morgan fingerprint density at radius 3 is 2.17 bits per heavy atom. The van der Waals surface area contributed by atoms with E-state index in [-0.39, 0.29) is 23.6 Å². The van der Waals surface area contributed by atoms with Gasteiger partial charge in [-0.1, -0.05) is 20.8 Å². The van der Waals surface area contributed by atoms with Gasteiger partial charge in [0, 0.05) is 19.2 Å². The highest BCUT2D eigenvalue weighted by atomic mass is 19.1. The number of hydrogen-bond acceptors (Lipinski definition) is 3. The van der Waals surface area contributed by atoms with Crippen molar-refractivity contribution in [3.05, 3.63) is 35.4 Å². The number of carbonyl (C=O) groups excluding carboxylic acids is 2. The Labute approximate surface area is 171 Å². The number of piperidine rings is 1. The molecule has 0 atom stereocenters. The molecule has 160 valence electrons. The van der Waals surface area contributed by atoms with Crippen molar-refractivity contribution < 1.29 is 23.1 Å². The van der Waals surface area contributed by atoms with E-state index in [4.69, 9.17) is 4.74 Å². The van der Waals surface area contributed by atoms with Gasteiger partial charge in [-0.25, -0.2) is 8.78 Å². The maximum Gasteiger partial charge on any atom is 0.309 e. The van der Waals surface area contributed by atoms with Crippen LogP contribution in [-0.4, -0.2) is 36.0 Å². The lowest BCUT2D eigenvalue weighted by Gasteiger charge is -2.37. The molecule has 0 N–H and O–H groups in total. The molecule has 1 heterocycles. The Kier molecular flexibility index (Phi) is 6.59. The standard InChI is InChI=1S/C23H31F2NO3/c1-23(2,3)16-4-7-18(8-5-16)29-22(28)15-10-12-26(13-11-15)21(27)19-9-6-17(24)14-20(19)25/h6,9,14-16,18H,4-5,7-8,10-13H2,1-3H3. The zero-order chi connectivity index (χ0) is 21.2. The van der Waals surface area contributed by atoms with Crippen LogP contribution in [0.4, 0.5) is 8.78 Å². The molecule has 0 bridgehead atoms. The van der Waals surface area contributed by atoms with Gasteiger partial charge in [-0.2, -0.15) is 0 Å². The van der Waals surface area contributed by atoms with E-state index >= 15 is 0 Å². The topological polar surface area (TPSA) is 46.6 Å². The minimum Gasteiger partial charge on any atom is -0.462 e. The second-order valence-corrected chi connectivity index (χ2v) is 9.47. The molecule has 2 fully saturated rings. The van der Waals surface area contributed by atoms with E-state index in [2.05, 4.69) is 20.8 Å². The van der Waals surface area contributed by atoms with Crippen LogP contribution in [0.3, 0.4) is 0 Å². The first-order valence-electron chi connectivity index (χ1n) is 10.6. The van der Waals surface area contributed by atoms with Crippen LogP contribution in [0.2, 0.25) is 0 Å². The number of likely N-dealkylation sites (tertiary alicyclic amines) is 1. The molecule has 1 aromatic carbocycles. The fourth-order valence-electron chi connectivity index (χ4n) is 4.46. The third-order valence-corrected chi connectivity index (χ3v) is 6.46. The van der Waals surface area contributed by atoms with Crippen molar-refractivity contribution in [3.8, 4) is 0 Å². The smallest absolute Gasteiger partial charge is 0.309 e. The average Bonchev–Trinajstić information content (AvgIpc) is 2.67. The molecule has 1 aliphatic heterocycles. The number of esters is 1. The Morgan fingerprint density at radius 1 is 1.00 bits per heavy atom. The summed E-state index contributed by atoms with van der Waals surface area (Å²) in [6.07, 6.45) is 4.99. The molecule has 1 saturated carbocycles. The third kappa shape index (κ3) is 5.34. The minimum atomic E-state index is -0.859. The normalized spacial score (nSPS) is 23.7. The van der Waals surface area contributed by atoms with E-state index < -0.39 is 17.5 Å². The molecule has 1 saturated heterocycles. The highest BCUT2D eigenvalue weighted by Gasteiger charge is 2.34. The predicted octanol–water partition coefficient (Wildman–Crippen LogP) is 4.97. The van der Waals surface area contributed by atoms with Crippen LogP contribution in [-0.2, 0) is 9.53 Å². The van der Waals surface area contributed by atoms with Gasteiger partial charge < -0.3 is 9.64 Å². The molecule has 0 radical (unpaired) electrons. The van der Waals surface area contributed by atoms with Crippen LogP contribution >= 0.6 is 0 Å². The summed E-state index contributed by atoms with van der Waals surface area (Å²) >= 11 is 0. The van der Waals surface area contributed by atoms with E-state index in [9.17, 15) is 18.4 Å². The van der Waals surface area contributed by atoms with E-state index in [1.54, 1.807) is 0 Å². The Morgan fingerprint density at radius 2 is 1.62 bits per heavy atom. The first-order valence-corrected chi connectivity index (χ1v) is 10.6. The maximum absolute atomic E-state index is 13.9. The summed E-state index contributed by atoms with van der Waals surface area (Å²) in [5, 5.41) is 0. The van der Waals surface area contributed by atoms with Crippen molar-refractivity contribution in [2.24, 2.45) is 17.3 Å². The molecular formula is C23H31F2NO3. The highest BCUT2D eigenvalue weighted by molar-refractivity contribution is 5.94. The molecule has 0 aromatic heterocycles. The van der Waals surface area contributed by atoms with Crippen molar-refractivity contribution in [2.75, 3.05) is 13.1 Å². The second kappa shape index (κ2) is 8.80. The molecule has 3 rings (SSSR count). The molecular weight excluding hydrogens is 376 g/mol. The van der Waals surface area contributed by atoms with E-state index in [1.165, 1.54) is 11.0 Å². The Balaban J connectivity index is 1.47. The van der Waals surface area contributed by atoms with Gasteiger partial charge in [-0.05, 0) is 62.0 Å². The molecule has 0 unspecified atom stereocenters. The van der Waals surface area contributed by atoms with Gasteiger partial charge >= 0.3 is 5.97 Å². The Bertz CT molecular complexity index is 743. The van der Waals surface area contributed by atoms with E-state index in [0.29, 0.717) is 43.3 Å². The predicted molar refractivity (Wildman–Crippen MR) is 106 cm³/mol. The zero-order valence-electron chi connectivity index (χ0n) is 17.5. The minimum absolute atomic E-state index is 0.00549. The van der Waals surface area contributed by atoms with Crippen molar-refractivity contribution in [1.82, 2.24) is 4.90 Å². The third-order valence-electron chi connectivity index (χ3n) is 6.46. The molecule has 1 aromatic rings. The van der Waals surface area contributed by atoms with Gasteiger partial charge in [0.05, 0.1) is 11.5 Å². The van der Waals surface area contributed by atoms with Crippen LogP contribution in [0.1, 0.15) is 69.7 Å². The first kappa shape index (κ1) is 21.7. The summed E-state index contributed by atoms with van der Waals surface area (Å²) in [4.78, 5) is 26.6. The van der Waals surface area contributed by atoms with Gasteiger partial charge in [0.1, 0.15) is 17.7 Å². The fourth-order valence-corrected chi connectivity index (χ4v) is 4.46. The number of benzene rings is 1. The SMILES string of the molecule is CC(C)(C)C1CCC(OC(=O)C2CCN(C(=O)c3ccc(F)cc3F)CC2)CC1. The first-order chi connectivity index (χ1) is 13.6. The molecule has 1 aliphatic carbocycles. The van der Waals surface area contributed by atoms with Crippen molar-refractivity contribution in [2.45, 2.75) is 65.4 Å². The Hall–Kier alpha value is -1.98. The summed E-state index contributed by atoms with van der Waals surface area (Å²) in [5.41, 5.74) is 0.154. The fraction of sp³-hybridized carbons (Fsp3) is 0.652. The molecule has 2 aliphatic rings. The highest BCUT2D eigenvalue weighted by Crippen LogP contribution is 2.38. The lowest BCUT2D eigenvalue weighted by molar-refractivity contribution is -0.157. The average molecular weight is 408 g/mol. The number of hydrogen-bond donors (Lipinski definition) is 0. The lowest BCUT2D eigenvalue weighted by atomic mass is 9.72.